The Morgan fingerprint density at radius 2 is 2.16 bits per heavy atom. The standard InChI is InChI=1S/C14H20BrN3O/c1-17-6-7-18(12(9-16)10-17)14(19)8-11-4-2-3-5-13(11)15/h2-5,12H,6-10,16H2,1H3/t12-/m1/s1. The van der Waals surface area contributed by atoms with Gasteiger partial charge in [-0.2, -0.15) is 0 Å². The van der Waals surface area contributed by atoms with Crippen molar-refractivity contribution in [1.82, 2.24) is 9.80 Å². The zero-order chi connectivity index (χ0) is 13.8. The van der Waals surface area contributed by atoms with Gasteiger partial charge < -0.3 is 15.5 Å². The fraction of sp³-hybridized carbons (Fsp3) is 0.500. The van der Waals surface area contributed by atoms with Gasteiger partial charge in [-0.25, -0.2) is 0 Å². The monoisotopic (exact) mass is 325 g/mol. The summed E-state index contributed by atoms with van der Waals surface area (Å²) in [5, 5.41) is 0. The van der Waals surface area contributed by atoms with Crippen LogP contribution in [-0.2, 0) is 11.2 Å². The van der Waals surface area contributed by atoms with Crippen LogP contribution in [0.1, 0.15) is 5.56 Å². The maximum absolute atomic E-state index is 12.4. The van der Waals surface area contributed by atoms with Crippen molar-refractivity contribution in [2.75, 3.05) is 33.2 Å². The molecule has 1 aromatic carbocycles. The Morgan fingerprint density at radius 3 is 2.84 bits per heavy atom. The molecule has 1 aliphatic heterocycles. The first-order valence-corrected chi connectivity index (χ1v) is 7.32. The minimum absolute atomic E-state index is 0.133. The van der Waals surface area contributed by atoms with Gasteiger partial charge in [0.05, 0.1) is 12.5 Å². The molecule has 1 amide bonds. The summed E-state index contributed by atoms with van der Waals surface area (Å²) in [4.78, 5) is 16.6. The molecule has 2 N–H and O–H groups in total. The second kappa shape index (κ2) is 6.50. The molecule has 0 radical (unpaired) electrons. The highest BCUT2D eigenvalue weighted by Gasteiger charge is 2.27. The summed E-state index contributed by atoms with van der Waals surface area (Å²) in [6, 6.07) is 7.99. The van der Waals surface area contributed by atoms with E-state index >= 15 is 0 Å². The molecule has 0 aromatic heterocycles. The Hall–Kier alpha value is -0.910. The van der Waals surface area contributed by atoms with E-state index in [1.807, 2.05) is 29.2 Å². The molecule has 0 bridgehead atoms. The van der Waals surface area contributed by atoms with Crippen LogP contribution in [0, 0.1) is 0 Å². The molecule has 19 heavy (non-hydrogen) atoms. The minimum Gasteiger partial charge on any atom is -0.336 e. The molecule has 4 nitrogen and oxygen atoms in total. The van der Waals surface area contributed by atoms with Crippen molar-refractivity contribution in [3.05, 3.63) is 34.3 Å². The molecular formula is C14H20BrN3O. The van der Waals surface area contributed by atoms with Crippen LogP contribution in [0.3, 0.4) is 0 Å². The molecule has 1 saturated heterocycles. The first-order chi connectivity index (χ1) is 9.11. The predicted molar refractivity (Wildman–Crippen MR) is 79.9 cm³/mol. The largest absolute Gasteiger partial charge is 0.336 e. The van der Waals surface area contributed by atoms with Gasteiger partial charge in [0.2, 0.25) is 5.91 Å². The van der Waals surface area contributed by atoms with Crippen molar-refractivity contribution >= 4 is 21.8 Å². The highest BCUT2D eigenvalue weighted by atomic mass is 79.9. The van der Waals surface area contributed by atoms with E-state index in [0.29, 0.717) is 13.0 Å². The molecule has 0 aliphatic carbocycles. The van der Waals surface area contributed by atoms with Crippen molar-refractivity contribution in [2.24, 2.45) is 5.73 Å². The van der Waals surface area contributed by atoms with Gasteiger partial charge in [-0.05, 0) is 18.7 Å². The lowest BCUT2D eigenvalue weighted by atomic mass is 10.1. The molecule has 2 rings (SSSR count). The van der Waals surface area contributed by atoms with Crippen molar-refractivity contribution < 1.29 is 4.79 Å². The van der Waals surface area contributed by atoms with Gasteiger partial charge in [0.15, 0.2) is 0 Å². The fourth-order valence-corrected chi connectivity index (χ4v) is 2.87. The zero-order valence-electron chi connectivity index (χ0n) is 11.2. The lowest BCUT2D eigenvalue weighted by Gasteiger charge is -2.39. The number of carbonyl (C=O) groups is 1. The van der Waals surface area contributed by atoms with Crippen molar-refractivity contribution in [3.8, 4) is 0 Å². The van der Waals surface area contributed by atoms with E-state index < -0.39 is 0 Å². The Labute approximate surface area is 122 Å². The van der Waals surface area contributed by atoms with Crippen LogP contribution in [0.2, 0.25) is 0 Å². The quantitative estimate of drug-likeness (QED) is 0.905. The molecule has 1 fully saturated rings. The number of nitrogens with two attached hydrogens (primary N) is 1. The fourth-order valence-electron chi connectivity index (χ4n) is 2.45. The first-order valence-electron chi connectivity index (χ1n) is 6.53. The molecule has 1 aliphatic rings. The summed E-state index contributed by atoms with van der Waals surface area (Å²) in [5.74, 6) is 0.162. The van der Waals surface area contributed by atoms with Crippen LogP contribution < -0.4 is 5.73 Å². The van der Waals surface area contributed by atoms with Gasteiger partial charge in [-0.1, -0.05) is 34.1 Å². The number of hydrogen-bond donors (Lipinski definition) is 1. The molecule has 0 saturated carbocycles. The number of carbonyl (C=O) groups excluding carboxylic acids is 1. The number of halogens is 1. The molecule has 1 heterocycles. The minimum atomic E-state index is 0.133. The highest BCUT2D eigenvalue weighted by molar-refractivity contribution is 9.10. The molecule has 1 atom stereocenters. The molecule has 5 heteroatoms. The summed E-state index contributed by atoms with van der Waals surface area (Å²) in [6.07, 6.45) is 0.432. The second-order valence-corrected chi connectivity index (χ2v) is 5.86. The lowest BCUT2D eigenvalue weighted by molar-refractivity contribution is -0.134. The van der Waals surface area contributed by atoms with Crippen LogP contribution in [0.15, 0.2) is 28.7 Å². The van der Waals surface area contributed by atoms with E-state index in [1.54, 1.807) is 0 Å². The van der Waals surface area contributed by atoms with Gasteiger partial charge in [0, 0.05) is 30.7 Å². The summed E-state index contributed by atoms with van der Waals surface area (Å²) < 4.78 is 0.988. The Kier molecular flexibility index (Phi) is 4.96. The third-order valence-corrected chi connectivity index (χ3v) is 4.35. The molecular weight excluding hydrogens is 306 g/mol. The number of likely N-dealkylation sites (N-methyl/N-ethyl adjacent to an activating group) is 1. The first kappa shape index (κ1) is 14.5. The van der Waals surface area contributed by atoms with Gasteiger partial charge in [0.1, 0.15) is 0 Å². The number of piperazine rings is 1. The van der Waals surface area contributed by atoms with E-state index in [-0.39, 0.29) is 11.9 Å². The normalized spacial score (nSPS) is 20.6. The number of rotatable bonds is 3. The maximum Gasteiger partial charge on any atom is 0.227 e. The van der Waals surface area contributed by atoms with Gasteiger partial charge in [-0.3, -0.25) is 4.79 Å². The molecule has 0 spiro atoms. The van der Waals surface area contributed by atoms with Gasteiger partial charge in [0.25, 0.3) is 0 Å². The van der Waals surface area contributed by atoms with Crippen molar-refractivity contribution in [1.29, 1.82) is 0 Å². The van der Waals surface area contributed by atoms with Crippen LogP contribution in [0.5, 0.6) is 0 Å². The Bertz CT molecular complexity index is 452. The second-order valence-electron chi connectivity index (χ2n) is 5.01. The number of nitrogens with zero attached hydrogens (tertiary/aromatic N) is 2. The Balaban J connectivity index is 2.05. The summed E-state index contributed by atoms with van der Waals surface area (Å²) in [6.45, 7) is 3.06. The zero-order valence-corrected chi connectivity index (χ0v) is 12.8. The van der Waals surface area contributed by atoms with E-state index in [1.165, 1.54) is 0 Å². The van der Waals surface area contributed by atoms with E-state index in [9.17, 15) is 4.79 Å². The summed E-state index contributed by atoms with van der Waals surface area (Å²) in [5.41, 5.74) is 6.82. The molecule has 0 unspecified atom stereocenters. The smallest absolute Gasteiger partial charge is 0.227 e. The average molecular weight is 326 g/mol. The van der Waals surface area contributed by atoms with E-state index in [4.69, 9.17) is 5.73 Å². The maximum atomic E-state index is 12.4. The summed E-state index contributed by atoms with van der Waals surface area (Å²) >= 11 is 3.49. The number of benzene rings is 1. The molecule has 1 aromatic rings. The third-order valence-electron chi connectivity index (χ3n) is 3.58. The summed E-state index contributed by atoms with van der Waals surface area (Å²) in [7, 11) is 2.07. The van der Waals surface area contributed by atoms with Gasteiger partial charge in [-0.15, -0.1) is 0 Å². The van der Waals surface area contributed by atoms with E-state index in [2.05, 4.69) is 27.9 Å². The van der Waals surface area contributed by atoms with Crippen LogP contribution in [0.25, 0.3) is 0 Å². The van der Waals surface area contributed by atoms with Crippen LogP contribution >= 0.6 is 15.9 Å². The average Bonchev–Trinajstić information content (AvgIpc) is 2.41. The van der Waals surface area contributed by atoms with Gasteiger partial charge >= 0.3 is 0 Å². The number of amides is 1. The van der Waals surface area contributed by atoms with Crippen LogP contribution in [0.4, 0.5) is 0 Å². The van der Waals surface area contributed by atoms with Crippen LogP contribution in [-0.4, -0.2) is 55.0 Å². The van der Waals surface area contributed by atoms with Crippen molar-refractivity contribution in [2.45, 2.75) is 12.5 Å². The SMILES string of the molecule is CN1CCN(C(=O)Cc2ccccc2Br)[C@H](CN)C1. The Morgan fingerprint density at radius 1 is 1.42 bits per heavy atom. The predicted octanol–water partition coefficient (Wildman–Crippen LogP) is 1.09. The van der Waals surface area contributed by atoms with Crippen molar-refractivity contribution in [3.63, 3.8) is 0 Å². The number of hydrogen-bond acceptors (Lipinski definition) is 3. The third kappa shape index (κ3) is 3.55. The molecule has 104 valence electrons. The van der Waals surface area contributed by atoms with E-state index in [0.717, 1.165) is 29.7 Å². The lowest BCUT2D eigenvalue weighted by Crippen LogP contribution is -2.57. The highest BCUT2D eigenvalue weighted by Crippen LogP contribution is 2.18. The topological polar surface area (TPSA) is 49.6 Å².